The fourth-order valence-electron chi connectivity index (χ4n) is 2.80. The third-order valence-electron chi connectivity index (χ3n) is 4.26. The number of nitrogens with zero attached hydrogens (tertiary/aromatic N) is 2. The number of thioether (sulfide) groups is 1. The predicted molar refractivity (Wildman–Crippen MR) is 107 cm³/mol. The van der Waals surface area contributed by atoms with E-state index in [2.05, 4.69) is 4.99 Å². The Hall–Kier alpha value is -2.40. The van der Waals surface area contributed by atoms with Crippen LogP contribution in [0, 0.1) is 0 Å². The second-order valence-corrected chi connectivity index (χ2v) is 7.29. The summed E-state index contributed by atoms with van der Waals surface area (Å²) in [6, 6.07) is 17.3. The number of amidine groups is 1. The van der Waals surface area contributed by atoms with Gasteiger partial charge < -0.3 is 0 Å². The van der Waals surface area contributed by atoms with E-state index >= 15 is 0 Å². The molecule has 0 bridgehead atoms. The van der Waals surface area contributed by atoms with Gasteiger partial charge in [-0.1, -0.05) is 42.1 Å². The average Bonchev–Trinajstić information content (AvgIpc) is 2.68. The van der Waals surface area contributed by atoms with Gasteiger partial charge in [0.15, 0.2) is 11.0 Å². The number of ketones is 1. The molecule has 0 aromatic heterocycles. The van der Waals surface area contributed by atoms with E-state index in [1.807, 2.05) is 42.5 Å². The molecule has 4 nitrogen and oxygen atoms in total. The quantitative estimate of drug-likeness (QED) is 0.733. The van der Waals surface area contributed by atoms with Gasteiger partial charge in [0.05, 0.1) is 5.69 Å². The van der Waals surface area contributed by atoms with Crippen molar-refractivity contribution in [2.45, 2.75) is 26.2 Å². The minimum atomic E-state index is 0.0361. The van der Waals surface area contributed by atoms with Crippen molar-refractivity contribution < 1.29 is 9.59 Å². The van der Waals surface area contributed by atoms with Gasteiger partial charge in [0.1, 0.15) is 0 Å². The van der Waals surface area contributed by atoms with Crippen LogP contribution in [0.3, 0.4) is 0 Å². The van der Waals surface area contributed by atoms with Gasteiger partial charge >= 0.3 is 0 Å². The molecule has 1 saturated heterocycles. The van der Waals surface area contributed by atoms with Gasteiger partial charge in [-0.25, -0.2) is 4.99 Å². The van der Waals surface area contributed by atoms with Crippen LogP contribution in [0.5, 0.6) is 0 Å². The molecule has 0 N–H and O–H groups in total. The fourth-order valence-corrected chi connectivity index (χ4v) is 3.77. The number of benzene rings is 2. The van der Waals surface area contributed by atoms with Crippen molar-refractivity contribution in [3.8, 4) is 0 Å². The van der Waals surface area contributed by atoms with Crippen LogP contribution in [0.4, 0.5) is 5.69 Å². The van der Waals surface area contributed by atoms with Crippen molar-refractivity contribution in [3.63, 3.8) is 0 Å². The first kappa shape index (κ1) is 18.4. The monoisotopic (exact) mass is 366 g/mol. The summed E-state index contributed by atoms with van der Waals surface area (Å²) in [6.45, 7) is 2.26. The van der Waals surface area contributed by atoms with E-state index in [9.17, 15) is 9.59 Å². The molecule has 26 heavy (non-hydrogen) atoms. The number of Topliss-reactive ketones (excluding diaryl/α,β-unsaturated/α-hetero) is 1. The molecule has 0 spiro atoms. The number of hydrogen-bond acceptors (Lipinski definition) is 4. The number of rotatable bonds is 5. The summed E-state index contributed by atoms with van der Waals surface area (Å²) in [7, 11) is 0. The first-order valence-corrected chi connectivity index (χ1v) is 9.79. The summed E-state index contributed by atoms with van der Waals surface area (Å²) >= 11 is 1.61. The fraction of sp³-hybridized carbons (Fsp3) is 0.286. The zero-order valence-electron chi connectivity index (χ0n) is 14.9. The molecule has 0 atom stereocenters. The van der Waals surface area contributed by atoms with Gasteiger partial charge in [0.2, 0.25) is 5.91 Å². The standard InChI is InChI=1S/C21H22N2O2S/c1-16(24)18-9-11-19(12-10-18)22-21-23(14-5-15-26-21)20(25)13-8-17-6-3-2-4-7-17/h2-4,6-7,9-12H,5,8,13-15H2,1H3. The number of carbonyl (C=O) groups excluding carboxylic acids is 2. The number of hydrogen-bond donors (Lipinski definition) is 0. The lowest BCUT2D eigenvalue weighted by Gasteiger charge is -2.27. The van der Waals surface area contributed by atoms with E-state index in [4.69, 9.17) is 0 Å². The molecule has 0 aliphatic carbocycles. The van der Waals surface area contributed by atoms with Gasteiger partial charge in [-0.05, 0) is 49.6 Å². The van der Waals surface area contributed by atoms with Gasteiger partial charge in [-0.15, -0.1) is 0 Å². The lowest BCUT2D eigenvalue weighted by atomic mass is 10.1. The lowest BCUT2D eigenvalue weighted by molar-refractivity contribution is -0.127. The van der Waals surface area contributed by atoms with Crippen LogP contribution in [0.25, 0.3) is 0 Å². The number of aliphatic imine (C=N–C) groups is 1. The summed E-state index contributed by atoms with van der Waals surface area (Å²) in [6.07, 6.45) is 2.19. The molecule has 3 rings (SSSR count). The smallest absolute Gasteiger partial charge is 0.228 e. The Balaban J connectivity index is 1.70. The van der Waals surface area contributed by atoms with E-state index in [-0.39, 0.29) is 11.7 Å². The molecule has 1 aliphatic heterocycles. The Morgan fingerprint density at radius 3 is 2.50 bits per heavy atom. The highest BCUT2D eigenvalue weighted by Gasteiger charge is 2.23. The van der Waals surface area contributed by atoms with Crippen LogP contribution >= 0.6 is 11.8 Å². The van der Waals surface area contributed by atoms with Crippen molar-refractivity contribution in [1.29, 1.82) is 0 Å². The van der Waals surface area contributed by atoms with Gasteiger partial charge in [0, 0.05) is 24.3 Å². The molecule has 2 aromatic rings. The van der Waals surface area contributed by atoms with E-state index in [0.717, 1.165) is 29.4 Å². The SMILES string of the molecule is CC(=O)c1ccc(N=C2SCCCN2C(=O)CCc2ccccc2)cc1. The average molecular weight is 366 g/mol. The van der Waals surface area contributed by atoms with Gasteiger partial charge in [-0.2, -0.15) is 0 Å². The Bertz CT molecular complexity index is 801. The summed E-state index contributed by atoms with van der Waals surface area (Å²) in [5.41, 5.74) is 2.60. The van der Waals surface area contributed by atoms with Crippen molar-refractivity contribution in [3.05, 3.63) is 65.7 Å². The van der Waals surface area contributed by atoms with E-state index in [1.54, 1.807) is 35.7 Å². The molecular formula is C21H22N2O2S. The first-order valence-electron chi connectivity index (χ1n) is 8.80. The molecule has 0 radical (unpaired) electrons. The Labute approximate surface area is 158 Å². The normalized spacial score (nSPS) is 15.9. The molecule has 1 aliphatic rings. The highest BCUT2D eigenvalue weighted by molar-refractivity contribution is 8.13. The van der Waals surface area contributed by atoms with Crippen LogP contribution in [-0.4, -0.2) is 34.1 Å². The molecule has 134 valence electrons. The van der Waals surface area contributed by atoms with Gasteiger partial charge in [0.25, 0.3) is 0 Å². The minimum absolute atomic E-state index is 0.0361. The Kier molecular flexibility index (Phi) is 6.23. The molecule has 2 aromatic carbocycles. The van der Waals surface area contributed by atoms with E-state index < -0.39 is 0 Å². The summed E-state index contributed by atoms with van der Waals surface area (Å²) in [5, 5.41) is 0.755. The maximum Gasteiger partial charge on any atom is 0.228 e. The zero-order valence-corrected chi connectivity index (χ0v) is 15.7. The Morgan fingerprint density at radius 2 is 1.81 bits per heavy atom. The second-order valence-electron chi connectivity index (χ2n) is 6.23. The maximum atomic E-state index is 12.7. The van der Waals surface area contributed by atoms with Crippen molar-refractivity contribution >= 4 is 34.3 Å². The summed E-state index contributed by atoms with van der Waals surface area (Å²) < 4.78 is 0. The largest absolute Gasteiger partial charge is 0.295 e. The van der Waals surface area contributed by atoms with Crippen LogP contribution in [0.2, 0.25) is 0 Å². The van der Waals surface area contributed by atoms with Gasteiger partial charge in [-0.3, -0.25) is 14.5 Å². The number of aryl methyl sites for hydroxylation is 1. The van der Waals surface area contributed by atoms with Crippen molar-refractivity contribution in [2.24, 2.45) is 4.99 Å². The third-order valence-corrected chi connectivity index (χ3v) is 5.32. The zero-order chi connectivity index (χ0) is 18.4. The number of amides is 1. The molecule has 1 amide bonds. The van der Waals surface area contributed by atoms with E-state index in [1.165, 1.54) is 5.56 Å². The lowest BCUT2D eigenvalue weighted by Crippen LogP contribution is -2.39. The minimum Gasteiger partial charge on any atom is -0.295 e. The van der Waals surface area contributed by atoms with Crippen LogP contribution < -0.4 is 0 Å². The van der Waals surface area contributed by atoms with Crippen LogP contribution in [0.15, 0.2) is 59.6 Å². The second kappa shape index (κ2) is 8.81. The third kappa shape index (κ3) is 4.82. The predicted octanol–water partition coefficient (Wildman–Crippen LogP) is 4.48. The first-order chi connectivity index (χ1) is 12.6. The summed E-state index contributed by atoms with van der Waals surface area (Å²) in [5.74, 6) is 1.11. The highest BCUT2D eigenvalue weighted by atomic mass is 32.2. The summed E-state index contributed by atoms with van der Waals surface area (Å²) in [4.78, 5) is 30.5. The maximum absolute atomic E-state index is 12.7. The number of carbonyl (C=O) groups is 2. The topological polar surface area (TPSA) is 49.7 Å². The molecule has 0 saturated carbocycles. The van der Waals surface area contributed by atoms with Crippen molar-refractivity contribution in [2.75, 3.05) is 12.3 Å². The highest BCUT2D eigenvalue weighted by Crippen LogP contribution is 2.23. The molecule has 5 heteroatoms. The molecular weight excluding hydrogens is 344 g/mol. The van der Waals surface area contributed by atoms with Crippen molar-refractivity contribution in [1.82, 2.24) is 4.90 Å². The van der Waals surface area contributed by atoms with Crippen LogP contribution in [0.1, 0.15) is 35.7 Å². The molecule has 1 fully saturated rings. The molecule has 0 unspecified atom stereocenters. The molecule has 1 heterocycles. The van der Waals surface area contributed by atoms with Crippen LogP contribution in [-0.2, 0) is 11.2 Å². The van der Waals surface area contributed by atoms with E-state index in [0.29, 0.717) is 18.5 Å². The Morgan fingerprint density at radius 1 is 1.08 bits per heavy atom.